The molecule has 0 saturated carbocycles. The molecule has 1 aromatic carbocycles. The Morgan fingerprint density at radius 2 is 2.20 bits per heavy atom. The molecule has 6 nitrogen and oxygen atoms in total. The minimum absolute atomic E-state index is 0.00760. The van der Waals surface area contributed by atoms with Crippen LogP contribution in [0.1, 0.15) is 25.1 Å². The van der Waals surface area contributed by atoms with Gasteiger partial charge in [-0.05, 0) is 25.0 Å². The number of carbonyl (C=O) groups excluding carboxylic acids is 1. The second kappa shape index (κ2) is 7.37. The zero-order chi connectivity index (χ0) is 17.1. The van der Waals surface area contributed by atoms with Crippen molar-refractivity contribution in [3.05, 3.63) is 36.3 Å². The first-order chi connectivity index (χ1) is 12.3. The maximum atomic E-state index is 12.1. The van der Waals surface area contributed by atoms with E-state index in [9.17, 15) is 4.79 Å². The Hall–Kier alpha value is -2.18. The molecule has 2 aliphatic heterocycles. The van der Waals surface area contributed by atoms with Crippen LogP contribution in [0.25, 0.3) is 11.3 Å². The predicted octanol–water partition coefficient (Wildman–Crippen LogP) is 2.20. The van der Waals surface area contributed by atoms with Gasteiger partial charge in [0.1, 0.15) is 5.82 Å². The summed E-state index contributed by atoms with van der Waals surface area (Å²) in [6.45, 7) is 3.19. The Balaban J connectivity index is 1.38. The lowest BCUT2D eigenvalue weighted by molar-refractivity contribution is -0.117. The number of nitrogens with zero attached hydrogens (tertiary/aromatic N) is 2. The van der Waals surface area contributed by atoms with Crippen LogP contribution in [0.4, 0.5) is 5.69 Å². The third-order valence-corrected chi connectivity index (χ3v) is 4.80. The van der Waals surface area contributed by atoms with E-state index in [1.807, 2.05) is 24.3 Å². The summed E-state index contributed by atoms with van der Waals surface area (Å²) in [6.07, 6.45) is 6.08. The standard InChI is InChI=1S/C19H24N4O2/c24-19(11-16-13-25-10-8-20-16)21-15-6-4-14(5-7-15)17-12-23-9-2-1-3-18(23)22-17/h4-7,12,16,20H,1-3,8-11,13H2,(H,21,24). The van der Waals surface area contributed by atoms with Crippen LogP contribution < -0.4 is 10.6 Å². The van der Waals surface area contributed by atoms with E-state index in [-0.39, 0.29) is 11.9 Å². The van der Waals surface area contributed by atoms with Crippen molar-refractivity contribution in [2.45, 2.75) is 38.3 Å². The van der Waals surface area contributed by atoms with Gasteiger partial charge >= 0.3 is 0 Å². The van der Waals surface area contributed by atoms with E-state index in [0.29, 0.717) is 13.0 Å². The highest BCUT2D eigenvalue weighted by molar-refractivity contribution is 5.91. The van der Waals surface area contributed by atoms with Crippen LogP contribution in [0.2, 0.25) is 0 Å². The number of rotatable bonds is 4. The average Bonchev–Trinajstić information content (AvgIpc) is 3.07. The van der Waals surface area contributed by atoms with Crippen LogP contribution in [0.5, 0.6) is 0 Å². The van der Waals surface area contributed by atoms with Crippen LogP contribution in [0.3, 0.4) is 0 Å². The fourth-order valence-corrected chi connectivity index (χ4v) is 3.46. The molecule has 132 valence electrons. The number of nitrogens with one attached hydrogen (secondary N) is 2. The zero-order valence-corrected chi connectivity index (χ0v) is 14.3. The van der Waals surface area contributed by atoms with Gasteiger partial charge < -0.3 is 19.9 Å². The van der Waals surface area contributed by atoms with Crippen LogP contribution in [-0.4, -0.2) is 41.3 Å². The molecule has 1 atom stereocenters. The Morgan fingerprint density at radius 1 is 1.32 bits per heavy atom. The van der Waals surface area contributed by atoms with E-state index in [1.165, 1.54) is 18.7 Å². The van der Waals surface area contributed by atoms with Crippen LogP contribution in [0.15, 0.2) is 30.5 Å². The molecule has 0 aliphatic carbocycles. The van der Waals surface area contributed by atoms with Gasteiger partial charge in [-0.3, -0.25) is 4.79 Å². The molecule has 2 aliphatic rings. The van der Waals surface area contributed by atoms with Crippen molar-refractivity contribution < 1.29 is 9.53 Å². The second-order valence-electron chi connectivity index (χ2n) is 6.75. The molecular weight excluding hydrogens is 316 g/mol. The monoisotopic (exact) mass is 340 g/mol. The van der Waals surface area contributed by atoms with Gasteiger partial charge in [0.15, 0.2) is 0 Å². The maximum Gasteiger partial charge on any atom is 0.226 e. The summed E-state index contributed by atoms with van der Waals surface area (Å²) in [5, 5.41) is 6.25. The zero-order valence-electron chi connectivity index (χ0n) is 14.3. The third kappa shape index (κ3) is 3.91. The summed E-state index contributed by atoms with van der Waals surface area (Å²) < 4.78 is 7.64. The van der Waals surface area contributed by atoms with Crippen molar-refractivity contribution in [3.63, 3.8) is 0 Å². The van der Waals surface area contributed by atoms with Gasteiger partial charge in [0.05, 0.1) is 18.9 Å². The average molecular weight is 340 g/mol. The number of hydrogen-bond acceptors (Lipinski definition) is 4. The Labute approximate surface area is 147 Å². The number of hydrogen-bond donors (Lipinski definition) is 2. The lowest BCUT2D eigenvalue weighted by Crippen LogP contribution is -2.43. The molecule has 25 heavy (non-hydrogen) atoms. The normalized spacial score (nSPS) is 20.1. The van der Waals surface area contributed by atoms with E-state index in [4.69, 9.17) is 9.72 Å². The number of fused-ring (bicyclic) bond motifs is 1. The summed E-state index contributed by atoms with van der Waals surface area (Å²) in [5.41, 5.74) is 2.91. The quantitative estimate of drug-likeness (QED) is 0.895. The minimum atomic E-state index is 0.00760. The largest absolute Gasteiger partial charge is 0.378 e. The molecule has 2 aromatic rings. The first kappa shape index (κ1) is 16.3. The highest BCUT2D eigenvalue weighted by atomic mass is 16.5. The topological polar surface area (TPSA) is 68.2 Å². The Morgan fingerprint density at radius 3 is 2.96 bits per heavy atom. The molecule has 0 spiro atoms. The fraction of sp³-hybridized carbons (Fsp3) is 0.474. The molecule has 1 aromatic heterocycles. The van der Waals surface area contributed by atoms with Crippen LogP contribution in [-0.2, 0) is 22.5 Å². The first-order valence-corrected chi connectivity index (χ1v) is 9.05. The number of carbonyl (C=O) groups is 1. The van der Waals surface area contributed by atoms with E-state index >= 15 is 0 Å². The first-order valence-electron chi connectivity index (χ1n) is 9.05. The van der Waals surface area contributed by atoms with Gasteiger partial charge in [0, 0.05) is 49.4 Å². The number of anilines is 1. The molecule has 1 unspecified atom stereocenters. The Bertz CT molecular complexity index is 709. The minimum Gasteiger partial charge on any atom is -0.378 e. The molecule has 6 heteroatoms. The van der Waals surface area contributed by atoms with Crippen molar-refractivity contribution in [2.75, 3.05) is 25.1 Å². The van der Waals surface area contributed by atoms with Gasteiger partial charge in [-0.25, -0.2) is 4.98 Å². The Kier molecular flexibility index (Phi) is 4.81. The molecule has 1 amide bonds. The van der Waals surface area contributed by atoms with Crippen molar-refractivity contribution in [2.24, 2.45) is 0 Å². The number of amides is 1. The number of ether oxygens (including phenoxy) is 1. The summed E-state index contributed by atoms with van der Waals surface area (Å²) in [6, 6.07) is 8.02. The highest BCUT2D eigenvalue weighted by Gasteiger charge is 2.17. The molecule has 0 bridgehead atoms. The lowest BCUT2D eigenvalue weighted by atomic mass is 10.1. The van der Waals surface area contributed by atoms with E-state index in [0.717, 1.165) is 43.1 Å². The number of imidazole rings is 1. The summed E-state index contributed by atoms with van der Waals surface area (Å²) in [5.74, 6) is 1.19. The lowest BCUT2D eigenvalue weighted by Gasteiger charge is -2.23. The highest BCUT2D eigenvalue weighted by Crippen LogP contribution is 2.24. The SMILES string of the molecule is O=C(CC1COCCN1)Nc1ccc(-c2cn3c(n2)CCCC3)cc1. The summed E-state index contributed by atoms with van der Waals surface area (Å²) in [7, 11) is 0. The second-order valence-corrected chi connectivity index (χ2v) is 6.75. The van der Waals surface area contributed by atoms with Gasteiger partial charge in [-0.15, -0.1) is 0 Å². The number of morpholine rings is 1. The number of aromatic nitrogens is 2. The van der Waals surface area contributed by atoms with E-state index < -0.39 is 0 Å². The van der Waals surface area contributed by atoms with Crippen molar-refractivity contribution >= 4 is 11.6 Å². The molecule has 1 saturated heterocycles. The summed E-state index contributed by atoms with van der Waals surface area (Å²) in [4.78, 5) is 16.9. The smallest absolute Gasteiger partial charge is 0.226 e. The van der Waals surface area contributed by atoms with Gasteiger partial charge in [0.2, 0.25) is 5.91 Å². The molecule has 1 fully saturated rings. The van der Waals surface area contributed by atoms with E-state index in [1.54, 1.807) is 0 Å². The number of aryl methyl sites for hydroxylation is 2. The summed E-state index contributed by atoms with van der Waals surface area (Å²) >= 11 is 0. The van der Waals surface area contributed by atoms with Crippen LogP contribution >= 0.6 is 0 Å². The van der Waals surface area contributed by atoms with Gasteiger partial charge in [-0.2, -0.15) is 0 Å². The molecule has 0 radical (unpaired) electrons. The van der Waals surface area contributed by atoms with Crippen molar-refractivity contribution in [3.8, 4) is 11.3 Å². The molecule has 4 rings (SSSR count). The maximum absolute atomic E-state index is 12.1. The van der Waals surface area contributed by atoms with Gasteiger partial charge in [0.25, 0.3) is 0 Å². The third-order valence-electron chi connectivity index (χ3n) is 4.80. The number of benzene rings is 1. The van der Waals surface area contributed by atoms with Gasteiger partial charge in [-0.1, -0.05) is 12.1 Å². The molecular formula is C19H24N4O2. The molecule has 2 N–H and O–H groups in total. The predicted molar refractivity (Wildman–Crippen MR) is 96.5 cm³/mol. The fourth-order valence-electron chi connectivity index (χ4n) is 3.46. The van der Waals surface area contributed by atoms with Crippen LogP contribution in [0, 0.1) is 0 Å². The van der Waals surface area contributed by atoms with E-state index in [2.05, 4.69) is 21.4 Å². The van der Waals surface area contributed by atoms with Crippen molar-refractivity contribution in [1.82, 2.24) is 14.9 Å². The molecule has 3 heterocycles. The van der Waals surface area contributed by atoms with Crippen molar-refractivity contribution in [1.29, 1.82) is 0 Å².